The molecule has 0 rings (SSSR count). The fourth-order valence-corrected chi connectivity index (χ4v) is 1.17. The van der Waals surface area contributed by atoms with E-state index in [-0.39, 0.29) is 12.5 Å². The molecule has 0 aliphatic heterocycles. The van der Waals surface area contributed by atoms with Gasteiger partial charge in [-0.05, 0) is 12.3 Å². The minimum absolute atomic E-state index is 0.0169. The Morgan fingerprint density at radius 1 is 1.57 bits per heavy atom. The summed E-state index contributed by atoms with van der Waals surface area (Å²) in [6, 6.07) is 0. The maximum atomic E-state index is 11.2. The van der Waals surface area contributed by atoms with E-state index in [1.165, 1.54) is 0 Å². The zero-order valence-electron chi connectivity index (χ0n) is 9.08. The predicted octanol–water partition coefficient (Wildman–Crippen LogP) is 0.548. The average Bonchev–Trinajstić information content (AvgIpc) is 2.21. The number of hydrogen-bond acceptors (Lipinski definition) is 3. The van der Waals surface area contributed by atoms with Gasteiger partial charge in [0.25, 0.3) is 0 Å². The van der Waals surface area contributed by atoms with Crippen LogP contribution in [0, 0.1) is 5.92 Å². The molecule has 0 heterocycles. The second kappa shape index (κ2) is 8.97. The Morgan fingerprint density at radius 2 is 2.29 bits per heavy atom. The van der Waals surface area contributed by atoms with Crippen LogP contribution >= 0.6 is 0 Å². The standard InChI is InChI=1S/C10H21NO3/c1-3-9(4-6-12)8-11-10(13)5-7-14-2/h9,12H,3-8H2,1-2H3,(H,11,13). The second-order valence-electron chi connectivity index (χ2n) is 3.33. The van der Waals surface area contributed by atoms with Crippen LogP contribution in [0.4, 0.5) is 0 Å². The summed E-state index contributed by atoms with van der Waals surface area (Å²) >= 11 is 0. The summed E-state index contributed by atoms with van der Waals surface area (Å²) in [6.07, 6.45) is 2.14. The van der Waals surface area contributed by atoms with E-state index in [2.05, 4.69) is 12.2 Å². The quantitative estimate of drug-likeness (QED) is 0.605. The molecule has 0 aromatic heterocycles. The fourth-order valence-electron chi connectivity index (χ4n) is 1.17. The lowest BCUT2D eigenvalue weighted by atomic mass is 10.0. The van der Waals surface area contributed by atoms with Crippen molar-refractivity contribution < 1.29 is 14.6 Å². The highest BCUT2D eigenvalue weighted by atomic mass is 16.5. The van der Waals surface area contributed by atoms with Crippen LogP contribution in [0.25, 0.3) is 0 Å². The Balaban J connectivity index is 3.52. The van der Waals surface area contributed by atoms with Gasteiger partial charge in [-0.15, -0.1) is 0 Å². The summed E-state index contributed by atoms with van der Waals surface area (Å²) in [5, 5.41) is 11.6. The van der Waals surface area contributed by atoms with Gasteiger partial charge >= 0.3 is 0 Å². The lowest BCUT2D eigenvalue weighted by Gasteiger charge is -2.13. The lowest BCUT2D eigenvalue weighted by molar-refractivity contribution is -0.122. The number of carbonyl (C=O) groups is 1. The third-order valence-corrected chi connectivity index (χ3v) is 2.24. The van der Waals surface area contributed by atoms with Crippen molar-refractivity contribution in [3.05, 3.63) is 0 Å². The third kappa shape index (κ3) is 6.86. The molecule has 14 heavy (non-hydrogen) atoms. The normalized spacial score (nSPS) is 12.5. The first kappa shape index (κ1) is 13.4. The number of nitrogens with one attached hydrogen (secondary N) is 1. The van der Waals surface area contributed by atoms with Crippen LogP contribution in [-0.4, -0.2) is 37.9 Å². The van der Waals surface area contributed by atoms with Crippen molar-refractivity contribution in [2.24, 2.45) is 5.92 Å². The van der Waals surface area contributed by atoms with Gasteiger partial charge in [0.1, 0.15) is 0 Å². The molecule has 84 valence electrons. The molecule has 0 aromatic carbocycles. The third-order valence-electron chi connectivity index (χ3n) is 2.24. The van der Waals surface area contributed by atoms with E-state index < -0.39 is 0 Å². The van der Waals surface area contributed by atoms with Crippen LogP contribution in [0.15, 0.2) is 0 Å². The molecule has 1 amide bonds. The van der Waals surface area contributed by atoms with Crippen molar-refractivity contribution in [2.75, 3.05) is 26.9 Å². The number of rotatable bonds is 8. The zero-order valence-corrected chi connectivity index (χ0v) is 9.08. The SMILES string of the molecule is CCC(CCO)CNC(=O)CCOC. The number of aliphatic hydroxyl groups is 1. The molecule has 2 N–H and O–H groups in total. The molecule has 0 radical (unpaired) electrons. The van der Waals surface area contributed by atoms with Crippen LogP contribution in [0.1, 0.15) is 26.2 Å². The Labute approximate surface area is 85.6 Å². The highest BCUT2D eigenvalue weighted by molar-refractivity contribution is 5.75. The van der Waals surface area contributed by atoms with Gasteiger partial charge < -0.3 is 15.2 Å². The maximum Gasteiger partial charge on any atom is 0.222 e. The van der Waals surface area contributed by atoms with Gasteiger partial charge in [0.15, 0.2) is 0 Å². The molecule has 0 aromatic rings. The average molecular weight is 203 g/mol. The molecule has 1 atom stereocenters. The first-order chi connectivity index (χ1) is 6.74. The highest BCUT2D eigenvalue weighted by Crippen LogP contribution is 2.05. The minimum atomic E-state index is 0.0169. The summed E-state index contributed by atoms with van der Waals surface area (Å²) in [5.41, 5.74) is 0. The number of hydrogen-bond donors (Lipinski definition) is 2. The van der Waals surface area contributed by atoms with Gasteiger partial charge in [0.2, 0.25) is 5.91 Å². The van der Waals surface area contributed by atoms with Gasteiger partial charge in [-0.3, -0.25) is 4.79 Å². The largest absolute Gasteiger partial charge is 0.396 e. The molecule has 0 saturated heterocycles. The van der Waals surface area contributed by atoms with Crippen LogP contribution in [-0.2, 0) is 9.53 Å². The van der Waals surface area contributed by atoms with Crippen LogP contribution in [0.2, 0.25) is 0 Å². The molecule has 1 unspecified atom stereocenters. The number of aliphatic hydroxyl groups excluding tert-OH is 1. The van der Waals surface area contributed by atoms with Crippen molar-refractivity contribution in [3.63, 3.8) is 0 Å². The Bertz CT molecular complexity index is 150. The lowest BCUT2D eigenvalue weighted by Crippen LogP contribution is -2.30. The monoisotopic (exact) mass is 203 g/mol. The molecule has 0 saturated carbocycles. The Kier molecular flexibility index (Phi) is 8.57. The first-order valence-corrected chi connectivity index (χ1v) is 5.11. The second-order valence-corrected chi connectivity index (χ2v) is 3.33. The van der Waals surface area contributed by atoms with E-state index >= 15 is 0 Å². The summed E-state index contributed by atoms with van der Waals surface area (Å²) in [7, 11) is 1.58. The van der Waals surface area contributed by atoms with E-state index in [0.717, 1.165) is 12.8 Å². The van der Waals surface area contributed by atoms with Crippen LogP contribution < -0.4 is 5.32 Å². The molecule has 4 heteroatoms. The van der Waals surface area contributed by atoms with E-state index in [9.17, 15) is 4.79 Å². The van der Waals surface area contributed by atoms with Gasteiger partial charge in [-0.25, -0.2) is 0 Å². The van der Waals surface area contributed by atoms with Crippen molar-refractivity contribution in [3.8, 4) is 0 Å². The minimum Gasteiger partial charge on any atom is -0.396 e. The van der Waals surface area contributed by atoms with E-state index in [0.29, 0.717) is 25.5 Å². The molecule has 4 nitrogen and oxygen atoms in total. The zero-order chi connectivity index (χ0) is 10.8. The number of amides is 1. The van der Waals surface area contributed by atoms with Crippen molar-refractivity contribution in [1.82, 2.24) is 5.32 Å². The van der Waals surface area contributed by atoms with Crippen LogP contribution in [0.3, 0.4) is 0 Å². The fraction of sp³-hybridized carbons (Fsp3) is 0.900. The highest BCUT2D eigenvalue weighted by Gasteiger charge is 2.07. The van der Waals surface area contributed by atoms with Gasteiger partial charge in [-0.1, -0.05) is 13.3 Å². The Hall–Kier alpha value is -0.610. The van der Waals surface area contributed by atoms with Gasteiger partial charge in [-0.2, -0.15) is 0 Å². The summed E-state index contributed by atoms with van der Waals surface area (Å²) in [4.78, 5) is 11.2. The van der Waals surface area contributed by atoms with Crippen molar-refractivity contribution in [1.29, 1.82) is 0 Å². The van der Waals surface area contributed by atoms with E-state index in [4.69, 9.17) is 9.84 Å². The molecule has 0 spiro atoms. The maximum absolute atomic E-state index is 11.2. The number of methoxy groups -OCH3 is 1. The van der Waals surface area contributed by atoms with Gasteiger partial charge in [0, 0.05) is 26.7 Å². The van der Waals surface area contributed by atoms with Gasteiger partial charge in [0.05, 0.1) is 6.61 Å². The predicted molar refractivity (Wildman–Crippen MR) is 55.0 cm³/mol. The molecule has 0 aliphatic carbocycles. The number of ether oxygens (including phenoxy) is 1. The smallest absolute Gasteiger partial charge is 0.222 e. The van der Waals surface area contributed by atoms with E-state index in [1.54, 1.807) is 7.11 Å². The number of carbonyl (C=O) groups excluding carboxylic acids is 1. The molecule has 0 fully saturated rings. The Morgan fingerprint density at radius 3 is 2.79 bits per heavy atom. The first-order valence-electron chi connectivity index (χ1n) is 5.11. The van der Waals surface area contributed by atoms with Crippen LogP contribution in [0.5, 0.6) is 0 Å². The van der Waals surface area contributed by atoms with Crippen molar-refractivity contribution in [2.45, 2.75) is 26.2 Å². The summed E-state index contributed by atoms with van der Waals surface area (Å²) in [6.45, 7) is 3.36. The summed E-state index contributed by atoms with van der Waals surface area (Å²) < 4.78 is 4.79. The molecule has 0 bridgehead atoms. The summed E-state index contributed by atoms with van der Waals surface area (Å²) in [5.74, 6) is 0.398. The molecular formula is C10H21NO3. The molecule has 0 aliphatic rings. The molecular weight excluding hydrogens is 182 g/mol. The van der Waals surface area contributed by atoms with Crippen molar-refractivity contribution >= 4 is 5.91 Å². The van der Waals surface area contributed by atoms with E-state index in [1.807, 2.05) is 0 Å². The topological polar surface area (TPSA) is 58.6 Å².